The first-order valence-electron chi connectivity index (χ1n) is 8.29. The molecule has 0 atom stereocenters. The Hall–Kier alpha value is -1.92. The molecule has 2 aromatic rings. The number of benzene rings is 2. The largest absolute Gasteiger partial charge is 0.379 e. The van der Waals surface area contributed by atoms with Crippen molar-refractivity contribution < 1.29 is 9.53 Å². The van der Waals surface area contributed by atoms with E-state index in [4.69, 9.17) is 27.9 Å². The minimum Gasteiger partial charge on any atom is -0.379 e. The number of nitrogens with one attached hydrogen (secondary N) is 1. The number of hydrogen-bond acceptors (Lipinski definition) is 4. The summed E-state index contributed by atoms with van der Waals surface area (Å²) in [6.45, 7) is 4.28. The Bertz CT molecular complexity index is 788. The molecule has 0 aliphatic carbocycles. The Morgan fingerprint density at radius 3 is 2.58 bits per heavy atom. The van der Waals surface area contributed by atoms with Gasteiger partial charge in [0, 0.05) is 35.8 Å². The fourth-order valence-electron chi connectivity index (χ4n) is 2.61. The highest BCUT2D eigenvalue weighted by Crippen LogP contribution is 2.19. The molecule has 5 nitrogen and oxygen atoms in total. The zero-order chi connectivity index (χ0) is 18.4. The predicted octanol–water partition coefficient (Wildman–Crippen LogP) is 3.59. The Morgan fingerprint density at radius 1 is 1.15 bits per heavy atom. The standard InChI is InChI=1S/C19H19Cl2N3O2/c20-17-6-5-16(18(21)11-17)12-22-23-19(25)15-3-1-14(2-4-15)13-24-7-9-26-10-8-24/h1-6,11-12H,7-10,13H2,(H,23,25)/b22-12+. The third-order valence-corrected chi connectivity index (χ3v) is 4.62. The van der Waals surface area contributed by atoms with Crippen molar-refractivity contribution in [1.29, 1.82) is 0 Å². The van der Waals surface area contributed by atoms with Gasteiger partial charge in [0.2, 0.25) is 0 Å². The second-order valence-corrected chi connectivity index (χ2v) is 6.79. The van der Waals surface area contributed by atoms with Crippen molar-refractivity contribution in [2.75, 3.05) is 26.3 Å². The van der Waals surface area contributed by atoms with Crippen molar-refractivity contribution in [2.45, 2.75) is 6.54 Å². The summed E-state index contributed by atoms with van der Waals surface area (Å²) >= 11 is 11.9. The van der Waals surface area contributed by atoms with E-state index in [1.807, 2.05) is 12.1 Å². The highest BCUT2D eigenvalue weighted by molar-refractivity contribution is 6.36. The smallest absolute Gasteiger partial charge is 0.271 e. The molecule has 0 spiro atoms. The topological polar surface area (TPSA) is 53.9 Å². The average molecular weight is 392 g/mol. The van der Waals surface area contributed by atoms with Crippen molar-refractivity contribution in [2.24, 2.45) is 5.10 Å². The van der Waals surface area contributed by atoms with Gasteiger partial charge in [0.05, 0.1) is 24.5 Å². The molecule has 1 amide bonds. The third-order valence-electron chi connectivity index (χ3n) is 4.06. The second kappa shape index (κ2) is 9.14. The maximum absolute atomic E-state index is 12.2. The number of hydrazone groups is 1. The maximum atomic E-state index is 12.2. The van der Waals surface area contributed by atoms with Crippen LogP contribution in [-0.2, 0) is 11.3 Å². The molecule has 0 bridgehead atoms. The van der Waals surface area contributed by atoms with E-state index in [0.29, 0.717) is 21.2 Å². The molecular weight excluding hydrogens is 373 g/mol. The first-order chi connectivity index (χ1) is 12.6. The summed E-state index contributed by atoms with van der Waals surface area (Å²) in [6.07, 6.45) is 1.49. The number of nitrogens with zero attached hydrogens (tertiary/aromatic N) is 2. The molecule has 26 heavy (non-hydrogen) atoms. The fraction of sp³-hybridized carbons (Fsp3) is 0.263. The monoisotopic (exact) mass is 391 g/mol. The lowest BCUT2D eigenvalue weighted by Crippen LogP contribution is -2.35. The van der Waals surface area contributed by atoms with Crippen molar-refractivity contribution in [3.63, 3.8) is 0 Å². The summed E-state index contributed by atoms with van der Waals surface area (Å²) in [6, 6.07) is 12.6. The van der Waals surface area contributed by atoms with E-state index < -0.39 is 0 Å². The van der Waals surface area contributed by atoms with Crippen LogP contribution in [-0.4, -0.2) is 43.3 Å². The van der Waals surface area contributed by atoms with Gasteiger partial charge in [-0.05, 0) is 29.8 Å². The van der Waals surface area contributed by atoms with Crippen LogP contribution in [0.15, 0.2) is 47.6 Å². The van der Waals surface area contributed by atoms with E-state index in [9.17, 15) is 4.79 Å². The quantitative estimate of drug-likeness (QED) is 0.625. The third kappa shape index (κ3) is 5.29. The normalized spacial score (nSPS) is 15.3. The van der Waals surface area contributed by atoms with Crippen LogP contribution in [0.25, 0.3) is 0 Å². The summed E-state index contributed by atoms with van der Waals surface area (Å²) < 4.78 is 5.35. The lowest BCUT2D eigenvalue weighted by Gasteiger charge is -2.26. The molecule has 1 heterocycles. The Balaban J connectivity index is 1.55. The highest BCUT2D eigenvalue weighted by Gasteiger charge is 2.11. The second-order valence-electron chi connectivity index (χ2n) is 5.95. The van der Waals surface area contributed by atoms with Gasteiger partial charge in [0.25, 0.3) is 5.91 Å². The number of rotatable bonds is 5. The van der Waals surface area contributed by atoms with Gasteiger partial charge in [-0.1, -0.05) is 41.4 Å². The van der Waals surface area contributed by atoms with E-state index in [-0.39, 0.29) is 5.91 Å². The summed E-state index contributed by atoms with van der Waals surface area (Å²) in [4.78, 5) is 14.5. The molecule has 1 aliphatic rings. The number of morpholine rings is 1. The molecule has 1 aliphatic heterocycles. The van der Waals surface area contributed by atoms with E-state index in [0.717, 1.165) is 32.8 Å². The van der Waals surface area contributed by atoms with E-state index in [1.54, 1.807) is 30.3 Å². The summed E-state index contributed by atoms with van der Waals surface area (Å²) in [5.41, 5.74) is 4.90. The van der Waals surface area contributed by atoms with Gasteiger partial charge < -0.3 is 4.74 Å². The number of carbonyl (C=O) groups is 1. The highest BCUT2D eigenvalue weighted by atomic mass is 35.5. The van der Waals surface area contributed by atoms with Crippen LogP contribution in [0.5, 0.6) is 0 Å². The van der Waals surface area contributed by atoms with Crippen molar-refractivity contribution >= 4 is 35.3 Å². The number of hydrogen-bond donors (Lipinski definition) is 1. The van der Waals surface area contributed by atoms with Crippen molar-refractivity contribution in [1.82, 2.24) is 10.3 Å². The SMILES string of the molecule is O=C(N/N=C/c1ccc(Cl)cc1Cl)c1ccc(CN2CCOCC2)cc1. The van der Waals surface area contributed by atoms with Crippen LogP contribution < -0.4 is 5.43 Å². The molecule has 136 valence electrons. The summed E-state index contributed by atoms with van der Waals surface area (Å²) in [7, 11) is 0. The Morgan fingerprint density at radius 2 is 1.88 bits per heavy atom. The molecule has 0 aromatic heterocycles. The van der Waals surface area contributed by atoms with Gasteiger partial charge in [-0.3, -0.25) is 9.69 Å². The number of ether oxygens (including phenoxy) is 1. The molecule has 0 radical (unpaired) electrons. The molecule has 0 saturated carbocycles. The summed E-state index contributed by atoms with van der Waals surface area (Å²) in [5, 5.41) is 4.97. The van der Waals surface area contributed by atoms with Crippen LogP contribution >= 0.6 is 23.2 Å². The van der Waals surface area contributed by atoms with Gasteiger partial charge in [0.1, 0.15) is 0 Å². The first kappa shape index (κ1) is 18.9. The van der Waals surface area contributed by atoms with Crippen LogP contribution in [0.1, 0.15) is 21.5 Å². The van der Waals surface area contributed by atoms with E-state index in [2.05, 4.69) is 15.4 Å². The average Bonchev–Trinajstić information content (AvgIpc) is 2.65. The zero-order valence-corrected chi connectivity index (χ0v) is 15.6. The van der Waals surface area contributed by atoms with Crippen LogP contribution in [0, 0.1) is 0 Å². The predicted molar refractivity (Wildman–Crippen MR) is 104 cm³/mol. The minimum atomic E-state index is -0.274. The molecule has 0 unspecified atom stereocenters. The molecule has 2 aromatic carbocycles. The van der Waals surface area contributed by atoms with Gasteiger partial charge in [0.15, 0.2) is 0 Å². The Labute approximate surface area is 162 Å². The van der Waals surface area contributed by atoms with Gasteiger partial charge in [-0.15, -0.1) is 0 Å². The number of carbonyl (C=O) groups excluding carboxylic acids is 1. The number of amides is 1. The molecule has 1 fully saturated rings. The molecule has 1 saturated heterocycles. The van der Waals surface area contributed by atoms with Crippen LogP contribution in [0.4, 0.5) is 0 Å². The molecule has 1 N–H and O–H groups in total. The summed E-state index contributed by atoms with van der Waals surface area (Å²) in [5.74, 6) is -0.274. The van der Waals surface area contributed by atoms with Crippen molar-refractivity contribution in [3.05, 3.63) is 69.2 Å². The lowest BCUT2D eigenvalue weighted by atomic mass is 10.1. The van der Waals surface area contributed by atoms with Crippen molar-refractivity contribution in [3.8, 4) is 0 Å². The molecule has 3 rings (SSSR count). The van der Waals surface area contributed by atoms with Crippen LogP contribution in [0.3, 0.4) is 0 Å². The molecule has 7 heteroatoms. The molecular formula is C19H19Cl2N3O2. The lowest BCUT2D eigenvalue weighted by molar-refractivity contribution is 0.0342. The Kier molecular flexibility index (Phi) is 6.63. The van der Waals surface area contributed by atoms with Gasteiger partial charge in [-0.2, -0.15) is 5.10 Å². The van der Waals surface area contributed by atoms with E-state index in [1.165, 1.54) is 11.8 Å². The van der Waals surface area contributed by atoms with Gasteiger partial charge in [-0.25, -0.2) is 5.43 Å². The van der Waals surface area contributed by atoms with Gasteiger partial charge >= 0.3 is 0 Å². The first-order valence-corrected chi connectivity index (χ1v) is 9.05. The zero-order valence-electron chi connectivity index (χ0n) is 14.1. The maximum Gasteiger partial charge on any atom is 0.271 e. The van der Waals surface area contributed by atoms with E-state index >= 15 is 0 Å². The fourth-order valence-corrected chi connectivity index (χ4v) is 3.07. The number of halogens is 2. The van der Waals surface area contributed by atoms with Crippen LogP contribution in [0.2, 0.25) is 10.0 Å². The minimum absolute atomic E-state index is 0.274.